The lowest BCUT2D eigenvalue weighted by Crippen LogP contribution is -2.26. The largest absolute Gasteiger partial charge is 0.573 e. The van der Waals surface area contributed by atoms with Gasteiger partial charge in [0.05, 0.1) is 0 Å². The molecule has 2 aliphatic carbocycles. The fourth-order valence-electron chi connectivity index (χ4n) is 5.53. The molecule has 0 atom stereocenters. The average Bonchev–Trinajstić information content (AvgIpc) is 2.68. The quantitative estimate of drug-likeness (QED) is 0.455. The Labute approximate surface area is 168 Å². The lowest BCUT2D eigenvalue weighted by atomic mass is 9.68. The summed E-state index contributed by atoms with van der Waals surface area (Å²) in [5, 5.41) is 0. The highest BCUT2D eigenvalue weighted by Crippen LogP contribution is 2.43. The molecule has 0 aliphatic heterocycles. The summed E-state index contributed by atoms with van der Waals surface area (Å²) in [4.78, 5) is 0. The van der Waals surface area contributed by atoms with Crippen LogP contribution in [0.25, 0.3) is 0 Å². The van der Waals surface area contributed by atoms with Gasteiger partial charge in [-0.2, -0.15) is 0 Å². The first kappa shape index (κ1) is 21.5. The van der Waals surface area contributed by atoms with E-state index in [-0.39, 0.29) is 5.75 Å². The smallest absolute Gasteiger partial charge is 0.406 e. The molecule has 0 unspecified atom stereocenters. The maximum Gasteiger partial charge on any atom is 0.573 e. The number of hydrogen-bond donors (Lipinski definition) is 0. The zero-order valence-electron chi connectivity index (χ0n) is 17.1. The second kappa shape index (κ2) is 10.0. The number of aryl methyl sites for hydroxylation is 1. The lowest BCUT2D eigenvalue weighted by molar-refractivity contribution is -0.274. The van der Waals surface area contributed by atoms with Gasteiger partial charge >= 0.3 is 6.36 Å². The molecule has 0 N–H and O–H groups in total. The fourth-order valence-corrected chi connectivity index (χ4v) is 5.53. The van der Waals surface area contributed by atoms with Crippen LogP contribution in [0.15, 0.2) is 24.3 Å². The van der Waals surface area contributed by atoms with Crippen molar-refractivity contribution < 1.29 is 17.9 Å². The molecule has 0 amide bonds. The van der Waals surface area contributed by atoms with Crippen molar-refractivity contribution in [1.29, 1.82) is 0 Å². The molecule has 158 valence electrons. The van der Waals surface area contributed by atoms with Crippen LogP contribution in [0, 0.1) is 23.7 Å². The molecule has 0 saturated heterocycles. The predicted molar refractivity (Wildman–Crippen MR) is 107 cm³/mol. The molecule has 0 spiro atoms. The van der Waals surface area contributed by atoms with Crippen molar-refractivity contribution in [3.63, 3.8) is 0 Å². The van der Waals surface area contributed by atoms with Crippen LogP contribution in [0.5, 0.6) is 5.75 Å². The van der Waals surface area contributed by atoms with E-state index in [9.17, 15) is 13.2 Å². The highest BCUT2D eigenvalue weighted by molar-refractivity contribution is 5.27. The zero-order valence-corrected chi connectivity index (χ0v) is 17.1. The summed E-state index contributed by atoms with van der Waals surface area (Å²) in [7, 11) is 0. The molecule has 0 radical (unpaired) electrons. The summed E-state index contributed by atoms with van der Waals surface area (Å²) < 4.78 is 40.6. The van der Waals surface area contributed by atoms with Crippen LogP contribution in [-0.2, 0) is 6.42 Å². The Morgan fingerprint density at radius 3 is 1.75 bits per heavy atom. The first-order valence-corrected chi connectivity index (χ1v) is 11.3. The predicted octanol–water partition coefficient (Wildman–Crippen LogP) is 7.93. The third-order valence-corrected chi connectivity index (χ3v) is 7.14. The van der Waals surface area contributed by atoms with Crippen LogP contribution in [-0.4, -0.2) is 6.36 Å². The highest BCUT2D eigenvalue weighted by Gasteiger charge is 2.31. The van der Waals surface area contributed by atoms with E-state index in [1.165, 1.54) is 76.3 Å². The van der Waals surface area contributed by atoms with E-state index in [1.807, 2.05) is 0 Å². The molecule has 28 heavy (non-hydrogen) atoms. The van der Waals surface area contributed by atoms with Crippen LogP contribution in [0.3, 0.4) is 0 Å². The van der Waals surface area contributed by atoms with E-state index in [4.69, 9.17) is 0 Å². The summed E-state index contributed by atoms with van der Waals surface area (Å²) >= 11 is 0. The number of alkyl halides is 3. The summed E-state index contributed by atoms with van der Waals surface area (Å²) in [6, 6.07) is 6.38. The van der Waals surface area contributed by atoms with Crippen LogP contribution >= 0.6 is 0 Å². The van der Waals surface area contributed by atoms with Crippen LogP contribution < -0.4 is 4.74 Å². The second-order valence-electron chi connectivity index (χ2n) is 9.08. The Balaban J connectivity index is 1.36. The standard InChI is InChI=1S/C24H35F3O/c1-2-3-18-6-12-21(13-7-18)22-14-8-19(9-15-22)4-5-20-10-16-23(17-11-20)28-24(25,26)27/h10-11,16-19,21-22H,2-9,12-15H2,1H3. The van der Waals surface area contributed by atoms with Gasteiger partial charge in [-0.3, -0.25) is 0 Å². The van der Waals surface area contributed by atoms with Gasteiger partial charge in [-0.1, -0.05) is 57.6 Å². The van der Waals surface area contributed by atoms with Gasteiger partial charge in [0.25, 0.3) is 0 Å². The molecule has 1 nitrogen and oxygen atoms in total. The maximum absolute atomic E-state index is 12.2. The molecular weight excluding hydrogens is 361 g/mol. The van der Waals surface area contributed by atoms with E-state index in [0.717, 1.165) is 42.1 Å². The molecule has 2 aliphatic rings. The van der Waals surface area contributed by atoms with Gasteiger partial charge in [0.1, 0.15) is 5.75 Å². The molecule has 2 fully saturated rings. The average molecular weight is 397 g/mol. The van der Waals surface area contributed by atoms with Gasteiger partial charge in [0.15, 0.2) is 0 Å². The monoisotopic (exact) mass is 396 g/mol. The number of benzene rings is 1. The van der Waals surface area contributed by atoms with Gasteiger partial charge in [-0.25, -0.2) is 0 Å². The number of halogens is 3. The minimum atomic E-state index is -4.62. The molecule has 1 aromatic carbocycles. The topological polar surface area (TPSA) is 9.23 Å². The number of ether oxygens (including phenoxy) is 1. The minimum absolute atomic E-state index is 0.134. The SMILES string of the molecule is CCCC1CCC(C2CCC(CCc3ccc(OC(F)(F)F)cc3)CC2)CC1. The van der Waals surface area contributed by atoms with E-state index < -0.39 is 6.36 Å². The molecular formula is C24H35F3O. The van der Waals surface area contributed by atoms with Crippen molar-refractivity contribution in [2.24, 2.45) is 23.7 Å². The van der Waals surface area contributed by atoms with Gasteiger partial charge < -0.3 is 4.74 Å². The van der Waals surface area contributed by atoms with Crippen molar-refractivity contribution in [2.45, 2.75) is 90.3 Å². The first-order chi connectivity index (χ1) is 13.4. The van der Waals surface area contributed by atoms with Gasteiger partial charge in [-0.15, -0.1) is 13.2 Å². The third kappa shape index (κ3) is 6.70. The second-order valence-corrected chi connectivity index (χ2v) is 9.08. The molecule has 4 heteroatoms. The van der Waals surface area contributed by atoms with Gasteiger partial charge in [-0.05, 0) is 79.9 Å². The highest BCUT2D eigenvalue weighted by atomic mass is 19.4. The Hall–Kier alpha value is -1.19. The van der Waals surface area contributed by atoms with E-state index in [0.29, 0.717) is 0 Å². The van der Waals surface area contributed by atoms with Gasteiger partial charge in [0.2, 0.25) is 0 Å². The Morgan fingerprint density at radius 1 is 0.786 bits per heavy atom. The molecule has 2 saturated carbocycles. The molecule has 3 rings (SSSR count). The van der Waals surface area contributed by atoms with Crippen molar-refractivity contribution in [2.75, 3.05) is 0 Å². The molecule has 0 heterocycles. The first-order valence-electron chi connectivity index (χ1n) is 11.3. The van der Waals surface area contributed by atoms with Crippen LogP contribution in [0.1, 0.15) is 83.1 Å². The number of rotatable bonds is 7. The van der Waals surface area contributed by atoms with Crippen LogP contribution in [0.4, 0.5) is 13.2 Å². The Kier molecular flexibility index (Phi) is 7.70. The van der Waals surface area contributed by atoms with E-state index in [2.05, 4.69) is 11.7 Å². The molecule has 0 aromatic heterocycles. The summed E-state index contributed by atoms with van der Waals surface area (Å²) in [6.07, 6.45) is 11.5. The normalized spacial score (nSPS) is 28.9. The zero-order chi connectivity index (χ0) is 20.0. The minimum Gasteiger partial charge on any atom is -0.406 e. The van der Waals surface area contributed by atoms with Crippen molar-refractivity contribution in [3.05, 3.63) is 29.8 Å². The van der Waals surface area contributed by atoms with Crippen molar-refractivity contribution in [3.8, 4) is 5.75 Å². The van der Waals surface area contributed by atoms with E-state index >= 15 is 0 Å². The Morgan fingerprint density at radius 2 is 1.29 bits per heavy atom. The van der Waals surface area contributed by atoms with Crippen LogP contribution in [0.2, 0.25) is 0 Å². The maximum atomic E-state index is 12.2. The third-order valence-electron chi connectivity index (χ3n) is 7.14. The number of hydrogen-bond acceptors (Lipinski definition) is 1. The summed E-state index contributed by atoms with van der Waals surface area (Å²) in [6.45, 7) is 2.30. The fraction of sp³-hybridized carbons (Fsp3) is 0.750. The Bertz CT molecular complexity index is 565. The van der Waals surface area contributed by atoms with Gasteiger partial charge in [0, 0.05) is 0 Å². The summed E-state index contributed by atoms with van der Waals surface area (Å²) in [5.41, 5.74) is 1.10. The van der Waals surface area contributed by atoms with Crippen molar-refractivity contribution >= 4 is 0 Å². The van der Waals surface area contributed by atoms with Crippen molar-refractivity contribution in [1.82, 2.24) is 0 Å². The molecule has 0 bridgehead atoms. The molecule has 1 aromatic rings. The summed E-state index contributed by atoms with van der Waals surface area (Å²) in [5.74, 6) is 3.54. The lowest BCUT2D eigenvalue weighted by Gasteiger charge is -2.38. The van der Waals surface area contributed by atoms with E-state index in [1.54, 1.807) is 12.1 Å².